The summed E-state index contributed by atoms with van der Waals surface area (Å²) in [5, 5.41) is 2.49. The quantitative estimate of drug-likeness (QED) is 0.148. The summed E-state index contributed by atoms with van der Waals surface area (Å²) in [5.41, 5.74) is 20.7. The molecule has 0 aromatic heterocycles. The average Bonchev–Trinajstić information content (AvgIpc) is 3.57. The molecule has 0 radical (unpaired) electrons. The van der Waals surface area contributed by atoms with Crippen molar-refractivity contribution in [1.29, 1.82) is 0 Å². The predicted octanol–water partition coefficient (Wildman–Crippen LogP) is 17.0. The SMILES string of the molecule is CC1(C)c2cc(-c3cccc4c(-c5ccccc5)c(-c5ccccc5)c(-c5ccccc5)c(-c5ccccc5)c34)ccc2-c2ccc(N(c3ccccc3)c3ccccc3)cc21. The summed E-state index contributed by atoms with van der Waals surface area (Å²) >= 11 is 0. The van der Waals surface area contributed by atoms with Gasteiger partial charge in [-0.15, -0.1) is 0 Å². The van der Waals surface area contributed by atoms with Crippen molar-refractivity contribution in [2.24, 2.45) is 0 Å². The highest BCUT2D eigenvalue weighted by molar-refractivity contribution is 6.22. The highest BCUT2D eigenvalue weighted by Crippen LogP contribution is 2.55. The van der Waals surface area contributed by atoms with Crippen LogP contribution >= 0.6 is 0 Å². The van der Waals surface area contributed by atoms with Crippen molar-refractivity contribution in [3.8, 4) is 66.8 Å². The highest BCUT2D eigenvalue weighted by Gasteiger charge is 2.37. The zero-order valence-electron chi connectivity index (χ0n) is 35.0. The van der Waals surface area contributed by atoms with Gasteiger partial charge in [-0.05, 0) is 131 Å². The van der Waals surface area contributed by atoms with E-state index in [1.165, 1.54) is 88.7 Å². The third-order valence-electron chi connectivity index (χ3n) is 12.8. The first-order valence-corrected chi connectivity index (χ1v) is 21.6. The number of fused-ring (bicyclic) bond motifs is 4. The fraction of sp³-hybridized carbons (Fsp3) is 0.0492. The molecular formula is C61H45N. The Morgan fingerprint density at radius 3 is 1.23 bits per heavy atom. The van der Waals surface area contributed by atoms with E-state index in [-0.39, 0.29) is 5.41 Å². The molecule has 1 nitrogen and oxygen atoms in total. The first-order valence-electron chi connectivity index (χ1n) is 21.6. The standard InChI is InChI=1S/C61H45N/c1-61(2)54-40-46(36-38-51(54)52-39-37-49(41-55(52)61)62(47-30-17-7-18-31-47)48-32-19-8-20-33-48)50-34-21-35-53-56(42-22-9-3-10-23-42)57(43-24-11-4-12-25-43)58(44-26-13-5-14-27-44)59(60(50)53)45-28-15-6-16-29-45/h3-41H,1-2H3. The van der Waals surface area contributed by atoms with Gasteiger partial charge in [-0.1, -0.05) is 208 Å². The maximum Gasteiger partial charge on any atom is 0.0465 e. The third-order valence-corrected chi connectivity index (χ3v) is 12.8. The van der Waals surface area contributed by atoms with Crippen LogP contribution in [-0.4, -0.2) is 0 Å². The molecule has 0 aliphatic heterocycles. The average molecular weight is 792 g/mol. The van der Waals surface area contributed by atoms with E-state index in [2.05, 4.69) is 255 Å². The van der Waals surface area contributed by atoms with E-state index in [0.717, 1.165) is 17.1 Å². The minimum atomic E-state index is -0.243. The van der Waals surface area contributed by atoms with Gasteiger partial charge in [0.25, 0.3) is 0 Å². The van der Waals surface area contributed by atoms with Gasteiger partial charge in [0, 0.05) is 22.5 Å². The van der Waals surface area contributed by atoms with Crippen LogP contribution in [0.2, 0.25) is 0 Å². The third kappa shape index (κ3) is 6.25. The van der Waals surface area contributed by atoms with Crippen LogP contribution in [0.5, 0.6) is 0 Å². The molecular weight excluding hydrogens is 747 g/mol. The van der Waals surface area contributed by atoms with Crippen LogP contribution in [0.25, 0.3) is 77.5 Å². The van der Waals surface area contributed by atoms with Crippen LogP contribution in [0.1, 0.15) is 25.0 Å². The van der Waals surface area contributed by atoms with Crippen molar-refractivity contribution in [1.82, 2.24) is 0 Å². The van der Waals surface area contributed by atoms with Gasteiger partial charge < -0.3 is 4.90 Å². The lowest BCUT2D eigenvalue weighted by molar-refractivity contribution is 0.660. The molecule has 10 aromatic rings. The summed E-state index contributed by atoms with van der Waals surface area (Å²) in [4.78, 5) is 2.37. The van der Waals surface area contributed by atoms with E-state index in [1.54, 1.807) is 0 Å². The smallest absolute Gasteiger partial charge is 0.0465 e. The highest BCUT2D eigenvalue weighted by atomic mass is 15.1. The van der Waals surface area contributed by atoms with Gasteiger partial charge in [-0.2, -0.15) is 0 Å². The molecule has 11 rings (SSSR count). The second-order valence-electron chi connectivity index (χ2n) is 16.8. The fourth-order valence-corrected chi connectivity index (χ4v) is 10.00. The Hall–Kier alpha value is -7.74. The second-order valence-corrected chi connectivity index (χ2v) is 16.8. The summed E-state index contributed by atoms with van der Waals surface area (Å²) in [6, 6.07) is 86.6. The number of anilines is 3. The van der Waals surface area contributed by atoms with Crippen LogP contribution in [0.4, 0.5) is 17.1 Å². The van der Waals surface area contributed by atoms with Gasteiger partial charge in [0.1, 0.15) is 0 Å². The number of hydrogen-bond donors (Lipinski definition) is 0. The van der Waals surface area contributed by atoms with E-state index in [9.17, 15) is 0 Å². The summed E-state index contributed by atoms with van der Waals surface area (Å²) < 4.78 is 0. The normalized spacial score (nSPS) is 12.5. The first kappa shape index (κ1) is 37.3. The number of nitrogens with zero attached hydrogens (tertiary/aromatic N) is 1. The van der Waals surface area contributed by atoms with Crippen molar-refractivity contribution < 1.29 is 0 Å². The predicted molar refractivity (Wildman–Crippen MR) is 263 cm³/mol. The molecule has 0 unspecified atom stereocenters. The van der Waals surface area contributed by atoms with Gasteiger partial charge in [0.05, 0.1) is 0 Å². The largest absolute Gasteiger partial charge is 0.310 e. The second kappa shape index (κ2) is 15.4. The molecule has 1 aliphatic rings. The Kier molecular flexibility index (Phi) is 9.24. The fourth-order valence-electron chi connectivity index (χ4n) is 10.00. The van der Waals surface area contributed by atoms with Gasteiger partial charge in [-0.3, -0.25) is 0 Å². The van der Waals surface area contributed by atoms with E-state index >= 15 is 0 Å². The molecule has 10 aromatic carbocycles. The molecule has 1 heteroatoms. The number of rotatable bonds is 8. The van der Waals surface area contributed by atoms with Crippen molar-refractivity contribution in [3.05, 3.63) is 248 Å². The zero-order chi connectivity index (χ0) is 41.6. The van der Waals surface area contributed by atoms with E-state index < -0.39 is 0 Å². The van der Waals surface area contributed by atoms with Crippen LogP contribution in [0.3, 0.4) is 0 Å². The molecule has 0 amide bonds. The zero-order valence-corrected chi connectivity index (χ0v) is 35.0. The molecule has 1 aliphatic carbocycles. The van der Waals surface area contributed by atoms with Gasteiger partial charge in [0.15, 0.2) is 0 Å². The van der Waals surface area contributed by atoms with Gasteiger partial charge in [-0.25, -0.2) is 0 Å². The summed E-state index contributed by atoms with van der Waals surface area (Å²) in [7, 11) is 0. The van der Waals surface area contributed by atoms with Crippen LogP contribution in [0.15, 0.2) is 237 Å². The Morgan fingerprint density at radius 1 is 0.290 bits per heavy atom. The number of benzene rings is 10. The molecule has 0 atom stereocenters. The molecule has 0 N–H and O–H groups in total. The molecule has 62 heavy (non-hydrogen) atoms. The first-order chi connectivity index (χ1) is 30.6. The van der Waals surface area contributed by atoms with Crippen molar-refractivity contribution in [2.45, 2.75) is 19.3 Å². The lowest BCUT2D eigenvalue weighted by Gasteiger charge is -2.28. The molecule has 0 bridgehead atoms. The van der Waals surface area contributed by atoms with Gasteiger partial charge in [0.2, 0.25) is 0 Å². The molecule has 0 saturated heterocycles. The van der Waals surface area contributed by atoms with Crippen LogP contribution in [-0.2, 0) is 5.41 Å². The molecule has 0 heterocycles. The summed E-state index contributed by atoms with van der Waals surface area (Å²) in [5.74, 6) is 0. The van der Waals surface area contributed by atoms with Crippen molar-refractivity contribution in [3.63, 3.8) is 0 Å². The Balaban J connectivity index is 1.17. The van der Waals surface area contributed by atoms with E-state index in [0.29, 0.717) is 0 Å². The molecule has 0 saturated carbocycles. The summed E-state index contributed by atoms with van der Waals surface area (Å²) in [6.07, 6.45) is 0. The maximum atomic E-state index is 2.49. The monoisotopic (exact) mass is 791 g/mol. The minimum absolute atomic E-state index is 0.243. The molecule has 294 valence electrons. The lowest BCUT2D eigenvalue weighted by atomic mass is 9.77. The Labute approximate surface area is 364 Å². The van der Waals surface area contributed by atoms with E-state index in [4.69, 9.17) is 0 Å². The Bertz CT molecular complexity index is 3170. The van der Waals surface area contributed by atoms with Crippen LogP contribution < -0.4 is 4.90 Å². The van der Waals surface area contributed by atoms with Crippen molar-refractivity contribution in [2.75, 3.05) is 4.90 Å². The lowest BCUT2D eigenvalue weighted by Crippen LogP contribution is -2.16. The van der Waals surface area contributed by atoms with Crippen LogP contribution in [0, 0.1) is 0 Å². The molecule has 0 spiro atoms. The number of para-hydroxylation sites is 2. The minimum Gasteiger partial charge on any atom is -0.310 e. The number of hydrogen-bond acceptors (Lipinski definition) is 1. The summed E-state index contributed by atoms with van der Waals surface area (Å²) in [6.45, 7) is 4.79. The Morgan fingerprint density at radius 2 is 0.710 bits per heavy atom. The van der Waals surface area contributed by atoms with Gasteiger partial charge >= 0.3 is 0 Å². The molecule has 0 fully saturated rings. The van der Waals surface area contributed by atoms with E-state index in [1.807, 2.05) is 0 Å². The topological polar surface area (TPSA) is 3.24 Å². The van der Waals surface area contributed by atoms with Crippen molar-refractivity contribution >= 4 is 27.8 Å². The maximum absolute atomic E-state index is 2.49.